The molecule has 2 aromatic carbocycles. The van der Waals surface area contributed by atoms with Crippen LogP contribution in [-0.2, 0) is 6.42 Å². The van der Waals surface area contributed by atoms with E-state index in [2.05, 4.69) is 15.9 Å². The second-order valence-electron chi connectivity index (χ2n) is 4.71. The number of hydrogen-bond donors (Lipinski definition) is 1. The molecule has 0 amide bonds. The predicted molar refractivity (Wildman–Crippen MR) is 82.6 cm³/mol. The summed E-state index contributed by atoms with van der Waals surface area (Å²) in [6.07, 6.45) is 0.437. The lowest BCUT2D eigenvalue weighted by atomic mass is 9.98. The van der Waals surface area contributed by atoms with Crippen LogP contribution in [0.2, 0.25) is 0 Å². The number of nitrogens with zero attached hydrogens (tertiary/aromatic N) is 1. The largest absolute Gasteiger partial charge is 0.324 e. The van der Waals surface area contributed by atoms with Crippen molar-refractivity contribution in [2.45, 2.75) is 19.4 Å². The van der Waals surface area contributed by atoms with E-state index in [9.17, 15) is 10.1 Å². The first-order chi connectivity index (χ1) is 9.49. The SMILES string of the molecule is Cc1ccc(C(N)Cc2ccccc2[N+](=O)[O-])cc1Br. The normalized spacial score (nSPS) is 12.2. The van der Waals surface area contributed by atoms with Gasteiger partial charge in [0.1, 0.15) is 0 Å². The van der Waals surface area contributed by atoms with Gasteiger partial charge in [-0.1, -0.05) is 46.3 Å². The minimum atomic E-state index is -0.368. The molecule has 0 saturated heterocycles. The van der Waals surface area contributed by atoms with Crippen LogP contribution in [0, 0.1) is 17.0 Å². The molecule has 104 valence electrons. The fourth-order valence-electron chi connectivity index (χ4n) is 2.06. The summed E-state index contributed by atoms with van der Waals surface area (Å²) in [6, 6.07) is 12.4. The smallest absolute Gasteiger partial charge is 0.272 e. The molecule has 0 aliphatic rings. The minimum absolute atomic E-state index is 0.120. The van der Waals surface area contributed by atoms with E-state index >= 15 is 0 Å². The van der Waals surface area contributed by atoms with Crippen LogP contribution in [0.4, 0.5) is 5.69 Å². The van der Waals surface area contributed by atoms with Crippen molar-refractivity contribution in [3.05, 3.63) is 73.7 Å². The third-order valence-corrected chi connectivity index (χ3v) is 4.11. The molecule has 0 spiro atoms. The molecule has 0 radical (unpaired) electrons. The Bertz CT molecular complexity index is 644. The monoisotopic (exact) mass is 334 g/mol. The molecule has 0 aromatic heterocycles. The molecule has 2 aromatic rings. The van der Waals surface area contributed by atoms with E-state index in [1.165, 1.54) is 6.07 Å². The number of nitrogens with two attached hydrogens (primary N) is 1. The van der Waals surface area contributed by atoms with E-state index in [0.717, 1.165) is 15.6 Å². The Hall–Kier alpha value is -1.72. The molecule has 2 rings (SSSR count). The van der Waals surface area contributed by atoms with Crippen molar-refractivity contribution in [3.8, 4) is 0 Å². The van der Waals surface area contributed by atoms with Gasteiger partial charge in [-0.15, -0.1) is 0 Å². The van der Waals surface area contributed by atoms with Gasteiger partial charge in [0.2, 0.25) is 0 Å². The Morgan fingerprint density at radius 2 is 2.00 bits per heavy atom. The molecular formula is C15H15BrN2O2. The molecule has 0 saturated carbocycles. The van der Waals surface area contributed by atoms with E-state index in [0.29, 0.717) is 12.0 Å². The number of benzene rings is 2. The molecular weight excluding hydrogens is 320 g/mol. The van der Waals surface area contributed by atoms with Gasteiger partial charge in [-0.2, -0.15) is 0 Å². The highest BCUT2D eigenvalue weighted by molar-refractivity contribution is 9.10. The third-order valence-electron chi connectivity index (χ3n) is 3.25. The van der Waals surface area contributed by atoms with Crippen LogP contribution >= 0.6 is 15.9 Å². The Morgan fingerprint density at radius 3 is 2.65 bits per heavy atom. The summed E-state index contributed by atoms with van der Waals surface area (Å²) in [5, 5.41) is 11.0. The van der Waals surface area contributed by atoms with Gasteiger partial charge in [-0.3, -0.25) is 10.1 Å². The molecule has 4 nitrogen and oxygen atoms in total. The first-order valence-electron chi connectivity index (χ1n) is 6.23. The number of halogens is 1. The van der Waals surface area contributed by atoms with Crippen LogP contribution in [0.5, 0.6) is 0 Å². The van der Waals surface area contributed by atoms with Crippen molar-refractivity contribution in [2.24, 2.45) is 5.73 Å². The van der Waals surface area contributed by atoms with Gasteiger partial charge in [0.15, 0.2) is 0 Å². The number of para-hydroxylation sites is 1. The zero-order valence-corrected chi connectivity index (χ0v) is 12.6. The Kier molecular flexibility index (Phi) is 4.52. The second-order valence-corrected chi connectivity index (χ2v) is 5.56. The van der Waals surface area contributed by atoms with Crippen molar-refractivity contribution < 1.29 is 4.92 Å². The number of rotatable bonds is 4. The lowest BCUT2D eigenvalue weighted by Gasteiger charge is -2.13. The lowest BCUT2D eigenvalue weighted by molar-refractivity contribution is -0.385. The zero-order chi connectivity index (χ0) is 14.7. The topological polar surface area (TPSA) is 69.2 Å². The van der Waals surface area contributed by atoms with Crippen molar-refractivity contribution in [1.29, 1.82) is 0 Å². The summed E-state index contributed by atoms with van der Waals surface area (Å²) >= 11 is 3.47. The average Bonchev–Trinajstić information content (AvgIpc) is 2.42. The molecule has 5 heteroatoms. The van der Waals surface area contributed by atoms with Crippen molar-refractivity contribution in [2.75, 3.05) is 0 Å². The van der Waals surface area contributed by atoms with Gasteiger partial charge in [-0.05, 0) is 30.5 Å². The zero-order valence-electron chi connectivity index (χ0n) is 11.0. The van der Waals surface area contributed by atoms with E-state index in [-0.39, 0.29) is 16.7 Å². The number of hydrogen-bond acceptors (Lipinski definition) is 3. The summed E-state index contributed by atoms with van der Waals surface area (Å²) in [5.41, 5.74) is 9.04. The van der Waals surface area contributed by atoms with Crippen LogP contribution in [0.3, 0.4) is 0 Å². The van der Waals surface area contributed by atoms with E-state index in [4.69, 9.17) is 5.73 Å². The van der Waals surface area contributed by atoms with Crippen molar-refractivity contribution in [3.63, 3.8) is 0 Å². The van der Waals surface area contributed by atoms with Gasteiger partial charge in [0.05, 0.1) is 4.92 Å². The first-order valence-corrected chi connectivity index (χ1v) is 7.02. The highest BCUT2D eigenvalue weighted by atomic mass is 79.9. The van der Waals surface area contributed by atoms with Crippen molar-refractivity contribution >= 4 is 21.6 Å². The Labute approximate surface area is 125 Å². The average molecular weight is 335 g/mol. The maximum Gasteiger partial charge on any atom is 0.272 e. The number of nitro groups is 1. The fourth-order valence-corrected chi connectivity index (χ4v) is 2.45. The van der Waals surface area contributed by atoms with Crippen LogP contribution in [0.15, 0.2) is 46.9 Å². The minimum Gasteiger partial charge on any atom is -0.324 e. The van der Waals surface area contributed by atoms with Gasteiger partial charge >= 0.3 is 0 Å². The summed E-state index contributed by atoms with van der Waals surface area (Å²) in [5.74, 6) is 0. The molecule has 0 aliphatic carbocycles. The maximum absolute atomic E-state index is 11.0. The summed E-state index contributed by atoms with van der Waals surface area (Å²) in [6.45, 7) is 2.00. The van der Waals surface area contributed by atoms with Crippen LogP contribution in [0.25, 0.3) is 0 Å². The predicted octanol–water partition coefficient (Wildman–Crippen LogP) is 3.91. The van der Waals surface area contributed by atoms with E-state index in [1.54, 1.807) is 18.2 Å². The van der Waals surface area contributed by atoms with Gasteiger partial charge in [-0.25, -0.2) is 0 Å². The second kappa shape index (κ2) is 6.15. The Morgan fingerprint density at radius 1 is 1.30 bits per heavy atom. The molecule has 0 aliphatic heterocycles. The van der Waals surface area contributed by atoms with Crippen LogP contribution in [0.1, 0.15) is 22.7 Å². The van der Waals surface area contributed by atoms with E-state index in [1.807, 2.05) is 25.1 Å². The molecule has 0 heterocycles. The third kappa shape index (κ3) is 3.23. The molecule has 20 heavy (non-hydrogen) atoms. The molecule has 1 unspecified atom stereocenters. The van der Waals surface area contributed by atoms with Crippen LogP contribution in [-0.4, -0.2) is 4.92 Å². The van der Waals surface area contributed by atoms with Crippen molar-refractivity contribution in [1.82, 2.24) is 0 Å². The Balaban J connectivity index is 2.25. The number of aryl methyl sites for hydroxylation is 1. The van der Waals surface area contributed by atoms with Gasteiger partial charge in [0, 0.05) is 22.1 Å². The summed E-state index contributed by atoms with van der Waals surface area (Å²) in [4.78, 5) is 10.6. The summed E-state index contributed by atoms with van der Waals surface area (Å²) in [7, 11) is 0. The quantitative estimate of drug-likeness (QED) is 0.680. The first kappa shape index (κ1) is 14.7. The molecule has 0 fully saturated rings. The standard InChI is InChI=1S/C15H15BrN2O2/c1-10-6-7-11(8-13(10)16)14(17)9-12-4-2-3-5-15(12)18(19)20/h2-8,14H,9,17H2,1H3. The molecule has 2 N–H and O–H groups in total. The molecule has 0 bridgehead atoms. The number of nitro benzene ring substituents is 1. The highest BCUT2D eigenvalue weighted by Gasteiger charge is 2.16. The van der Waals surface area contributed by atoms with Gasteiger partial charge in [0.25, 0.3) is 5.69 Å². The highest BCUT2D eigenvalue weighted by Crippen LogP contribution is 2.26. The van der Waals surface area contributed by atoms with E-state index < -0.39 is 0 Å². The van der Waals surface area contributed by atoms with Gasteiger partial charge < -0.3 is 5.73 Å². The molecule has 1 atom stereocenters. The summed E-state index contributed by atoms with van der Waals surface area (Å²) < 4.78 is 0.994. The van der Waals surface area contributed by atoms with Crippen LogP contribution < -0.4 is 5.73 Å². The fraction of sp³-hybridized carbons (Fsp3) is 0.200. The lowest BCUT2D eigenvalue weighted by Crippen LogP contribution is -2.14. The maximum atomic E-state index is 11.0.